The molecule has 0 radical (unpaired) electrons. The number of rotatable bonds is 4. The highest BCUT2D eigenvalue weighted by atomic mass is 16.5. The minimum absolute atomic E-state index is 0.133. The van der Waals surface area contributed by atoms with E-state index < -0.39 is 35.4 Å². The van der Waals surface area contributed by atoms with Crippen molar-refractivity contribution < 1.29 is 29.3 Å². The zero-order valence-electron chi connectivity index (χ0n) is 18.7. The number of ether oxygens (including phenoxy) is 2. The smallest absolute Gasteiger partial charge is 0.279 e. The van der Waals surface area contributed by atoms with E-state index >= 15 is 0 Å². The number of hydrogen-bond acceptors (Lipinski definition) is 6. The molecule has 4 atom stereocenters. The van der Waals surface area contributed by atoms with Gasteiger partial charge in [0, 0.05) is 48.3 Å². The van der Waals surface area contributed by atoms with Crippen LogP contribution in [0.4, 0.5) is 0 Å². The average molecular weight is 444 g/mol. The van der Waals surface area contributed by atoms with Crippen LogP contribution in [0.1, 0.15) is 56.5 Å². The fraction of sp³-hybridized carbons (Fsp3) is 0.565. The minimum atomic E-state index is -2.20. The number of fused-ring (bicyclic) bond motifs is 5. The van der Waals surface area contributed by atoms with Crippen LogP contribution < -0.4 is 4.74 Å². The molecule has 3 aliphatic heterocycles. The summed E-state index contributed by atoms with van der Waals surface area (Å²) >= 11 is 0. The first kappa shape index (κ1) is 21.2. The number of hydrogen-bond donors (Lipinski definition) is 3. The van der Waals surface area contributed by atoms with Gasteiger partial charge in [0.05, 0.1) is 18.8 Å². The van der Waals surface area contributed by atoms with Gasteiger partial charge in [0.15, 0.2) is 0 Å². The van der Waals surface area contributed by atoms with Gasteiger partial charge < -0.3 is 29.6 Å². The van der Waals surface area contributed by atoms with Gasteiger partial charge in [-0.3, -0.25) is 14.5 Å². The maximum Gasteiger partial charge on any atom is 0.279 e. The maximum absolute atomic E-state index is 13.7. The monoisotopic (exact) mass is 443 g/mol. The maximum atomic E-state index is 13.7. The van der Waals surface area contributed by atoms with E-state index in [2.05, 4.69) is 4.98 Å². The molecule has 2 amide bonds. The van der Waals surface area contributed by atoms with Crippen LogP contribution in [0.3, 0.4) is 0 Å². The fourth-order valence-corrected chi connectivity index (χ4v) is 5.71. The average Bonchev–Trinajstić information content (AvgIpc) is 3.36. The highest BCUT2D eigenvalue weighted by Gasteiger charge is 2.66. The van der Waals surface area contributed by atoms with Gasteiger partial charge in [-0.05, 0) is 38.8 Å². The molecule has 2 aromatic rings. The van der Waals surface area contributed by atoms with Crippen molar-refractivity contribution in [2.45, 2.75) is 62.6 Å². The van der Waals surface area contributed by atoms with Crippen LogP contribution >= 0.6 is 0 Å². The third kappa shape index (κ3) is 2.74. The Morgan fingerprint density at radius 2 is 2.03 bits per heavy atom. The molecule has 0 saturated carbocycles. The van der Waals surface area contributed by atoms with E-state index in [1.165, 1.54) is 16.9 Å². The predicted octanol–water partition coefficient (Wildman–Crippen LogP) is 1.60. The van der Waals surface area contributed by atoms with Crippen molar-refractivity contribution in [3.63, 3.8) is 0 Å². The molecule has 2 fully saturated rings. The van der Waals surface area contributed by atoms with E-state index in [0.29, 0.717) is 36.4 Å². The first-order valence-electron chi connectivity index (χ1n) is 10.9. The second-order valence-corrected chi connectivity index (χ2v) is 9.60. The standard InChI is InChI=1S/C23H29N3O6/c1-22(2,29)11-16-18-17(13-8-7-12(31-3)10-14(13)24-18)19(32-4)23(30)21(28)25-9-5-6-15(25)20(27)26(16)23/h7-8,10,15-16,19,24,29-30H,5-6,9,11H2,1-4H3/t15-,16+,19-,23-/m1/s1. The van der Waals surface area contributed by atoms with Crippen LogP contribution in [0.25, 0.3) is 10.9 Å². The number of aromatic amines is 1. The zero-order valence-corrected chi connectivity index (χ0v) is 18.7. The lowest BCUT2D eigenvalue weighted by Crippen LogP contribution is -2.74. The summed E-state index contributed by atoms with van der Waals surface area (Å²) in [4.78, 5) is 33.5. The minimum Gasteiger partial charge on any atom is -0.497 e. The first-order chi connectivity index (χ1) is 15.1. The summed E-state index contributed by atoms with van der Waals surface area (Å²) in [5.41, 5.74) is -1.35. The van der Waals surface area contributed by atoms with E-state index in [4.69, 9.17) is 9.47 Å². The summed E-state index contributed by atoms with van der Waals surface area (Å²) in [7, 11) is 3.00. The van der Waals surface area contributed by atoms with Crippen LogP contribution in [0.2, 0.25) is 0 Å². The number of amides is 2. The Hall–Kier alpha value is -2.62. The number of methoxy groups -OCH3 is 2. The molecular formula is C23H29N3O6. The van der Waals surface area contributed by atoms with Gasteiger partial charge in [-0.1, -0.05) is 0 Å². The molecule has 0 spiro atoms. The summed E-state index contributed by atoms with van der Waals surface area (Å²) < 4.78 is 11.1. The van der Waals surface area contributed by atoms with E-state index in [9.17, 15) is 19.8 Å². The van der Waals surface area contributed by atoms with Crippen LogP contribution in [-0.4, -0.2) is 74.9 Å². The molecule has 5 rings (SSSR count). The predicted molar refractivity (Wildman–Crippen MR) is 115 cm³/mol. The molecule has 32 heavy (non-hydrogen) atoms. The van der Waals surface area contributed by atoms with Crippen molar-refractivity contribution in [3.05, 3.63) is 29.5 Å². The topological polar surface area (TPSA) is 115 Å². The summed E-state index contributed by atoms with van der Waals surface area (Å²) in [5, 5.41) is 23.5. The molecule has 4 heterocycles. The van der Waals surface area contributed by atoms with Gasteiger partial charge in [0.1, 0.15) is 17.9 Å². The Bertz CT molecular complexity index is 1110. The molecular weight excluding hydrogens is 414 g/mol. The summed E-state index contributed by atoms with van der Waals surface area (Å²) in [6.45, 7) is 3.73. The molecule has 0 bridgehead atoms. The molecule has 9 nitrogen and oxygen atoms in total. The second-order valence-electron chi connectivity index (χ2n) is 9.60. The van der Waals surface area contributed by atoms with Gasteiger partial charge in [-0.2, -0.15) is 0 Å². The third-order valence-electron chi connectivity index (χ3n) is 7.00. The van der Waals surface area contributed by atoms with E-state index in [-0.39, 0.29) is 12.3 Å². The molecule has 172 valence electrons. The molecule has 3 aliphatic rings. The van der Waals surface area contributed by atoms with Crippen molar-refractivity contribution in [3.8, 4) is 5.75 Å². The Kier molecular flexibility index (Phi) is 4.60. The number of nitrogens with one attached hydrogen (secondary N) is 1. The van der Waals surface area contributed by atoms with Gasteiger partial charge in [-0.15, -0.1) is 0 Å². The number of piperazine rings is 1. The fourth-order valence-electron chi connectivity index (χ4n) is 5.71. The number of aromatic nitrogens is 1. The number of carbonyl (C=O) groups is 2. The van der Waals surface area contributed by atoms with Gasteiger partial charge in [-0.25, -0.2) is 0 Å². The van der Waals surface area contributed by atoms with Crippen molar-refractivity contribution in [1.82, 2.24) is 14.8 Å². The largest absolute Gasteiger partial charge is 0.497 e. The Balaban J connectivity index is 1.79. The number of nitrogens with zero attached hydrogens (tertiary/aromatic N) is 2. The lowest BCUT2D eigenvalue weighted by Gasteiger charge is -2.55. The summed E-state index contributed by atoms with van der Waals surface area (Å²) in [5.74, 6) is -0.197. The molecule has 3 N–H and O–H groups in total. The summed E-state index contributed by atoms with van der Waals surface area (Å²) in [6, 6.07) is 4.14. The van der Waals surface area contributed by atoms with Gasteiger partial charge in [0.25, 0.3) is 11.6 Å². The van der Waals surface area contributed by atoms with E-state index in [1.807, 2.05) is 12.1 Å². The molecule has 9 heteroatoms. The lowest BCUT2D eigenvalue weighted by molar-refractivity contribution is -0.238. The zero-order chi connectivity index (χ0) is 23.0. The van der Waals surface area contributed by atoms with E-state index in [1.54, 1.807) is 27.0 Å². The number of carbonyl (C=O) groups excluding carboxylic acids is 2. The third-order valence-corrected chi connectivity index (χ3v) is 7.00. The van der Waals surface area contributed by atoms with Crippen molar-refractivity contribution in [2.24, 2.45) is 0 Å². The van der Waals surface area contributed by atoms with Crippen molar-refractivity contribution >= 4 is 22.7 Å². The van der Waals surface area contributed by atoms with Crippen LogP contribution in [-0.2, 0) is 14.3 Å². The number of aliphatic hydroxyl groups is 2. The second kappa shape index (κ2) is 6.94. The number of H-pyrrole nitrogens is 1. The molecule has 0 unspecified atom stereocenters. The molecule has 1 aromatic heterocycles. The highest BCUT2D eigenvalue weighted by molar-refractivity contribution is 6.01. The molecule has 1 aromatic carbocycles. The van der Waals surface area contributed by atoms with Crippen LogP contribution in [0.5, 0.6) is 5.75 Å². The molecule has 0 aliphatic carbocycles. The van der Waals surface area contributed by atoms with Crippen molar-refractivity contribution in [2.75, 3.05) is 20.8 Å². The van der Waals surface area contributed by atoms with E-state index in [0.717, 1.165) is 10.9 Å². The Labute approximate surface area is 185 Å². The van der Waals surface area contributed by atoms with Crippen molar-refractivity contribution in [1.29, 1.82) is 0 Å². The van der Waals surface area contributed by atoms with Gasteiger partial charge >= 0.3 is 0 Å². The van der Waals surface area contributed by atoms with Gasteiger partial charge in [0.2, 0.25) is 5.91 Å². The van der Waals surface area contributed by atoms with Crippen LogP contribution in [0, 0.1) is 0 Å². The normalized spacial score (nSPS) is 29.9. The highest BCUT2D eigenvalue weighted by Crippen LogP contribution is 2.53. The lowest BCUT2D eigenvalue weighted by atomic mass is 9.80. The SMILES string of the molecule is COc1ccc2c3c([nH]c2c1)[C@H](CC(C)(C)O)N1C(=O)[C@H]2CCCN2C(=O)[C@]1(O)[C@@H]3OC. The Morgan fingerprint density at radius 1 is 1.28 bits per heavy atom. The Morgan fingerprint density at radius 3 is 2.69 bits per heavy atom. The summed E-state index contributed by atoms with van der Waals surface area (Å²) in [6.07, 6.45) is 0.305. The molecule has 2 saturated heterocycles. The van der Waals surface area contributed by atoms with Crippen LogP contribution in [0.15, 0.2) is 18.2 Å². The quantitative estimate of drug-likeness (QED) is 0.661. The number of benzene rings is 1. The first-order valence-corrected chi connectivity index (χ1v) is 10.9.